The van der Waals surface area contributed by atoms with Gasteiger partial charge in [0, 0.05) is 37.7 Å². The Balaban J connectivity index is 1.56. The number of likely N-dealkylation sites (tertiary alicyclic amines) is 1. The Kier molecular flexibility index (Phi) is 5.28. The Labute approximate surface area is 137 Å². The summed E-state index contributed by atoms with van der Waals surface area (Å²) in [7, 11) is 0. The van der Waals surface area contributed by atoms with E-state index >= 15 is 0 Å². The van der Waals surface area contributed by atoms with Gasteiger partial charge < -0.3 is 15.5 Å². The second kappa shape index (κ2) is 7.59. The third-order valence-corrected chi connectivity index (χ3v) is 4.60. The molecule has 2 N–H and O–H groups in total. The molecule has 2 heterocycles. The van der Waals surface area contributed by atoms with Crippen molar-refractivity contribution in [2.45, 2.75) is 51.1 Å². The van der Waals surface area contributed by atoms with Crippen LogP contribution in [0.4, 0.5) is 5.69 Å². The van der Waals surface area contributed by atoms with Crippen LogP contribution < -0.4 is 10.6 Å². The zero-order valence-corrected chi connectivity index (χ0v) is 13.5. The molecule has 1 unspecified atom stereocenters. The minimum absolute atomic E-state index is 0.0515. The van der Waals surface area contributed by atoms with E-state index in [-0.39, 0.29) is 11.8 Å². The fraction of sp³-hybridized carbons (Fsp3) is 0.556. The van der Waals surface area contributed by atoms with Crippen molar-refractivity contribution in [3.8, 4) is 0 Å². The van der Waals surface area contributed by atoms with Crippen LogP contribution in [0.1, 0.15) is 44.1 Å². The summed E-state index contributed by atoms with van der Waals surface area (Å²) in [5.41, 5.74) is 1.88. The lowest BCUT2D eigenvalue weighted by molar-refractivity contribution is -0.133. The van der Waals surface area contributed by atoms with Crippen LogP contribution in [0, 0.1) is 0 Å². The van der Waals surface area contributed by atoms with Crippen molar-refractivity contribution in [1.29, 1.82) is 0 Å². The maximum atomic E-state index is 12.1. The number of nitrogens with zero attached hydrogens (tertiary/aromatic N) is 1. The van der Waals surface area contributed by atoms with Gasteiger partial charge in [0.25, 0.3) is 0 Å². The van der Waals surface area contributed by atoms with Crippen molar-refractivity contribution in [3.63, 3.8) is 0 Å². The second-order valence-electron chi connectivity index (χ2n) is 6.52. The molecule has 1 atom stereocenters. The highest BCUT2D eigenvalue weighted by atomic mass is 16.2. The first-order chi connectivity index (χ1) is 11.2. The molecule has 124 valence electrons. The molecule has 0 bridgehead atoms. The van der Waals surface area contributed by atoms with Gasteiger partial charge in [-0.1, -0.05) is 12.1 Å². The van der Waals surface area contributed by atoms with Crippen LogP contribution in [0.5, 0.6) is 0 Å². The molecule has 2 fully saturated rings. The molecule has 2 aliphatic rings. The van der Waals surface area contributed by atoms with E-state index in [2.05, 4.69) is 10.6 Å². The fourth-order valence-electron chi connectivity index (χ4n) is 3.36. The van der Waals surface area contributed by atoms with Crippen LogP contribution in [-0.4, -0.2) is 35.8 Å². The Morgan fingerprint density at radius 3 is 3.00 bits per heavy atom. The minimum atomic E-state index is 0.0515. The molecular formula is C18H25N3O2. The molecule has 0 aromatic heterocycles. The quantitative estimate of drug-likeness (QED) is 0.876. The van der Waals surface area contributed by atoms with Crippen molar-refractivity contribution >= 4 is 17.5 Å². The van der Waals surface area contributed by atoms with Crippen LogP contribution in [0.3, 0.4) is 0 Å². The predicted molar refractivity (Wildman–Crippen MR) is 90.0 cm³/mol. The predicted octanol–water partition coefficient (Wildman–Crippen LogP) is 2.28. The minimum Gasteiger partial charge on any atom is -0.338 e. The first kappa shape index (κ1) is 16.0. The maximum Gasteiger partial charge on any atom is 0.225 e. The SMILES string of the molecule is O=C(CC1CCCN1)Nc1cccc(CN2CCCCC2=O)c1. The number of amides is 2. The average Bonchev–Trinajstić information content (AvgIpc) is 3.03. The first-order valence-corrected chi connectivity index (χ1v) is 8.61. The fourth-order valence-corrected chi connectivity index (χ4v) is 3.36. The van der Waals surface area contributed by atoms with Gasteiger partial charge in [0.05, 0.1) is 0 Å². The smallest absolute Gasteiger partial charge is 0.225 e. The van der Waals surface area contributed by atoms with E-state index in [9.17, 15) is 9.59 Å². The van der Waals surface area contributed by atoms with Gasteiger partial charge in [0.2, 0.25) is 11.8 Å². The van der Waals surface area contributed by atoms with Crippen molar-refractivity contribution in [1.82, 2.24) is 10.2 Å². The molecule has 0 radical (unpaired) electrons. The topological polar surface area (TPSA) is 61.4 Å². The Morgan fingerprint density at radius 2 is 2.22 bits per heavy atom. The van der Waals surface area contributed by atoms with Crippen LogP contribution in [0.25, 0.3) is 0 Å². The van der Waals surface area contributed by atoms with E-state index in [4.69, 9.17) is 0 Å². The van der Waals surface area contributed by atoms with Gasteiger partial charge >= 0.3 is 0 Å². The number of carbonyl (C=O) groups is 2. The number of benzene rings is 1. The zero-order chi connectivity index (χ0) is 16.1. The largest absolute Gasteiger partial charge is 0.338 e. The zero-order valence-electron chi connectivity index (χ0n) is 13.5. The van der Waals surface area contributed by atoms with E-state index in [0.717, 1.165) is 50.0 Å². The van der Waals surface area contributed by atoms with Crippen LogP contribution >= 0.6 is 0 Å². The van der Waals surface area contributed by atoms with E-state index in [0.29, 0.717) is 25.4 Å². The normalized spacial score (nSPS) is 21.5. The number of hydrogen-bond donors (Lipinski definition) is 2. The summed E-state index contributed by atoms with van der Waals surface area (Å²) in [4.78, 5) is 25.9. The highest BCUT2D eigenvalue weighted by Gasteiger charge is 2.19. The third-order valence-electron chi connectivity index (χ3n) is 4.60. The molecule has 1 aromatic carbocycles. The molecule has 2 saturated heterocycles. The summed E-state index contributed by atoms with van der Waals surface area (Å²) >= 11 is 0. The molecule has 3 rings (SSSR count). The number of hydrogen-bond acceptors (Lipinski definition) is 3. The summed E-state index contributed by atoms with van der Waals surface area (Å²) in [5, 5.41) is 6.31. The highest BCUT2D eigenvalue weighted by Crippen LogP contribution is 2.18. The van der Waals surface area contributed by atoms with Crippen LogP contribution in [0.15, 0.2) is 24.3 Å². The summed E-state index contributed by atoms with van der Waals surface area (Å²) in [6, 6.07) is 8.14. The van der Waals surface area contributed by atoms with Crippen molar-refractivity contribution in [2.75, 3.05) is 18.4 Å². The van der Waals surface area contributed by atoms with Crippen molar-refractivity contribution < 1.29 is 9.59 Å². The molecule has 5 heteroatoms. The third kappa shape index (κ3) is 4.55. The Bertz CT molecular complexity index is 567. The molecule has 1 aromatic rings. The standard InChI is InChI=1S/C18H25N3O2/c22-17(12-15-7-4-9-19-15)20-16-6-3-5-14(11-16)13-21-10-2-1-8-18(21)23/h3,5-6,11,15,19H,1-2,4,7-10,12-13H2,(H,20,22). The van der Waals surface area contributed by atoms with Gasteiger partial charge in [-0.25, -0.2) is 0 Å². The summed E-state index contributed by atoms with van der Waals surface area (Å²) in [6.45, 7) is 2.48. The molecule has 23 heavy (non-hydrogen) atoms. The number of piperidine rings is 1. The molecular weight excluding hydrogens is 290 g/mol. The number of anilines is 1. The molecule has 0 spiro atoms. The second-order valence-corrected chi connectivity index (χ2v) is 6.52. The monoisotopic (exact) mass is 315 g/mol. The van der Waals surface area contributed by atoms with Gasteiger partial charge in [-0.3, -0.25) is 9.59 Å². The van der Waals surface area contributed by atoms with E-state index in [1.54, 1.807) is 0 Å². The Hall–Kier alpha value is -1.88. The van der Waals surface area contributed by atoms with Crippen molar-refractivity contribution in [2.24, 2.45) is 0 Å². The van der Waals surface area contributed by atoms with Gasteiger partial charge in [-0.2, -0.15) is 0 Å². The maximum absolute atomic E-state index is 12.1. The van der Waals surface area contributed by atoms with E-state index in [1.165, 1.54) is 0 Å². The van der Waals surface area contributed by atoms with Gasteiger partial charge in [-0.15, -0.1) is 0 Å². The molecule has 2 amide bonds. The number of rotatable bonds is 5. The molecule has 0 aliphatic carbocycles. The summed E-state index contributed by atoms with van der Waals surface area (Å²) < 4.78 is 0. The number of carbonyl (C=O) groups excluding carboxylic acids is 2. The molecule has 2 aliphatic heterocycles. The van der Waals surface area contributed by atoms with Crippen molar-refractivity contribution in [3.05, 3.63) is 29.8 Å². The van der Waals surface area contributed by atoms with Gasteiger partial charge in [-0.05, 0) is 49.9 Å². The summed E-state index contributed by atoms with van der Waals surface area (Å²) in [6.07, 6.45) is 5.48. The lowest BCUT2D eigenvalue weighted by Gasteiger charge is -2.26. The molecule has 0 saturated carbocycles. The van der Waals surface area contributed by atoms with Crippen LogP contribution in [-0.2, 0) is 16.1 Å². The van der Waals surface area contributed by atoms with Gasteiger partial charge in [0.1, 0.15) is 0 Å². The average molecular weight is 315 g/mol. The molecule has 5 nitrogen and oxygen atoms in total. The van der Waals surface area contributed by atoms with E-state index in [1.807, 2.05) is 29.2 Å². The highest BCUT2D eigenvalue weighted by molar-refractivity contribution is 5.91. The van der Waals surface area contributed by atoms with Gasteiger partial charge in [0.15, 0.2) is 0 Å². The number of nitrogens with one attached hydrogen (secondary N) is 2. The lowest BCUT2D eigenvalue weighted by Crippen LogP contribution is -2.34. The Morgan fingerprint density at radius 1 is 1.30 bits per heavy atom. The van der Waals surface area contributed by atoms with Crippen LogP contribution in [0.2, 0.25) is 0 Å². The lowest BCUT2D eigenvalue weighted by atomic mass is 10.1. The summed E-state index contributed by atoms with van der Waals surface area (Å²) in [5.74, 6) is 0.286. The first-order valence-electron chi connectivity index (χ1n) is 8.61. The van der Waals surface area contributed by atoms with E-state index < -0.39 is 0 Å².